The van der Waals surface area contributed by atoms with Crippen LogP contribution < -0.4 is 8.96 Å². The zero-order valence-electron chi connectivity index (χ0n) is 22.8. The molecule has 4 aromatic carbocycles. The Morgan fingerprint density at radius 1 is 0.833 bits per heavy atom. The van der Waals surface area contributed by atoms with Gasteiger partial charge in [-0.1, -0.05) is 0 Å². The summed E-state index contributed by atoms with van der Waals surface area (Å²) in [4.78, 5) is 2.88. The van der Waals surface area contributed by atoms with Gasteiger partial charge < -0.3 is 0 Å². The van der Waals surface area contributed by atoms with Crippen LogP contribution in [0.3, 0.4) is 0 Å². The molecule has 0 spiro atoms. The first-order valence-electron chi connectivity index (χ1n) is 13.1. The van der Waals surface area contributed by atoms with Crippen molar-refractivity contribution in [2.24, 2.45) is 12.5 Å². The molecule has 1 aromatic heterocycles. The average Bonchev–Trinajstić information content (AvgIpc) is 2.81. The van der Waals surface area contributed by atoms with E-state index in [1.54, 1.807) is 4.40 Å². The molecule has 36 heavy (non-hydrogen) atoms. The van der Waals surface area contributed by atoms with E-state index in [0.29, 0.717) is 0 Å². The van der Waals surface area contributed by atoms with Crippen molar-refractivity contribution in [3.05, 3.63) is 71.9 Å². The summed E-state index contributed by atoms with van der Waals surface area (Å²) in [5, 5.41) is 8.50. The minimum atomic E-state index is -2.06. The van der Waals surface area contributed by atoms with E-state index >= 15 is 0 Å². The summed E-state index contributed by atoms with van der Waals surface area (Å²) in [6.07, 6.45) is 3.35. The number of fused-ring (bicyclic) bond motifs is 5. The zero-order chi connectivity index (χ0) is 25.6. The molecule has 1 aliphatic heterocycles. The molecule has 0 aliphatic carbocycles. The van der Waals surface area contributed by atoms with E-state index < -0.39 is 13.3 Å². The number of pyridine rings is 1. The molecule has 2 heterocycles. The van der Waals surface area contributed by atoms with Crippen LogP contribution in [0.1, 0.15) is 31.9 Å². The van der Waals surface area contributed by atoms with Gasteiger partial charge in [0, 0.05) is 0 Å². The number of hydrogen-bond donors (Lipinski definition) is 0. The Hall–Kier alpha value is -2.30. The molecule has 182 valence electrons. The van der Waals surface area contributed by atoms with Crippen LogP contribution in [0.2, 0.25) is 17.3 Å². The Kier molecular flexibility index (Phi) is 5.41. The Balaban J connectivity index is 1.81. The van der Waals surface area contributed by atoms with Gasteiger partial charge in [-0.25, -0.2) is 0 Å². The van der Waals surface area contributed by atoms with E-state index in [-0.39, 0.29) is 5.41 Å². The molecular formula is C33H36GeNS+. The van der Waals surface area contributed by atoms with Crippen molar-refractivity contribution in [1.29, 1.82) is 0 Å². The second-order valence-corrected chi connectivity index (χ2v) is 24.4. The third-order valence-electron chi connectivity index (χ3n) is 7.74. The Morgan fingerprint density at radius 2 is 1.53 bits per heavy atom. The monoisotopic (exact) mass is 552 g/mol. The number of benzene rings is 4. The first kappa shape index (κ1) is 24.1. The Labute approximate surface area is 222 Å². The molecule has 0 bridgehead atoms. The van der Waals surface area contributed by atoms with Crippen molar-refractivity contribution in [2.45, 2.75) is 61.2 Å². The van der Waals surface area contributed by atoms with E-state index in [0.717, 1.165) is 6.42 Å². The predicted octanol–water partition coefficient (Wildman–Crippen LogP) is 8.54. The molecule has 6 rings (SSSR count). The predicted molar refractivity (Wildman–Crippen MR) is 161 cm³/mol. The van der Waals surface area contributed by atoms with Crippen molar-refractivity contribution in [3.63, 3.8) is 0 Å². The van der Waals surface area contributed by atoms with Gasteiger partial charge in [0.1, 0.15) is 0 Å². The van der Waals surface area contributed by atoms with Crippen LogP contribution in [0.5, 0.6) is 0 Å². The van der Waals surface area contributed by atoms with E-state index in [1.165, 1.54) is 64.5 Å². The van der Waals surface area contributed by atoms with Gasteiger partial charge in [-0.2, -0.15) is 0 Å². The summed E-state index contributed by atoms with van der Waals surface area (Å²) in [6.45, 7) is 9.43. The maximum absolute atomic E-state index is 2.53. The fraction of sp³-hybridized carbons (Fsp3) is 0.303. The van der Waals surface area contributed by atoms with Gasteiger partial charge in [-0.05, 0) is 0 Å². The molecule has 1 nitrogen and oxygen atoms in total. The molecule has 0 radical (unpaired) electrons. The average molecular weight is 551 g/mol. The third-order valence-corrected chi connectivity index (χ3v) is 13.2. The fourth-order valence-corrected chi connectivity index (χ4v) is 10.9. The Bertz CT molecular complexity index is 1720. The van der Waals surface area contributed by atoms with Crippen LogP contribution in [0.4, 0.5) is 0 Å². The van der Waals surface area contributed by atoms with Crippen molar-refractivity contribution in [1.82, 2.24) is 0 Å². The van der Waals surface area contributed by atoms with E-state index in [4.69, 9.17) is 0 Å². The second-order valence-electron chi connectivity index (χ2n) is 12.8. The van der Waals surface area contributed by atoms with Crippen LogP contribution >= 0.6 is 11.8 Å². The number of rotatable bonds is 2. The van der Waals surface area contributed by atoms with Gasteiger partial charge in [0.15, 0.2) is 0 Å². The van der Waals surface area contributed by atoms with Crippen molar-refractivity contribution in [3.8, 4) is 11.3 Å². The van der Waals surface area contributed by atoms with Crippen LogP contribution in [0.15, 0.2) is 70.6 Å². The summed E-state index contributed by atoms with van der Waals surface area (Å²) < 4.78 is 3.97. The first-order valence-corrected chi connectivity index (χ1v) is 21.2. The van der Waals surface area contributed by atoms with Crippen LogP contribution in [0, 0.1) is 12.3 Å². The molecule has 5 aromatic rings. The summed E-state index contributed by atoms with van der Waals surface area (Å²) in [7, 11) is 2.22. The molecule has 3 heteroatoms. The maximum atomic E-state index is 2.53. The summed E-state index contributed by atoms with van der Waals surface area (Å²) in [5.74, 6) is 7.54. The minimum absolute atomic E-state index is 0.206. The van der Waals surface area contributed by atoms with E-state index in [2.05, 4.69) is 117 Å². The van der Waals surface area contributed by atoms with Gasteiger partial charge in [0.25, 0.3) is 0 Å². The number of aromatic nitrogens is 1. The van der Waals surface area contributed by atoms with Crippen molar-refractivity contribution in [2.75, 3.05) is 0 Å². The zero-order valence-corrected chi connectivity index (χ0v) is 25.8. The summed E-state index contributed by atoms with van der Waals surface area (Å²) >= 11 is -0.0355. The van der Waals surface area contributed by atoms with Crippen LogP contribution in [-0.2, 0) is 13.5 Å². The third kappa shape index (κ3) is 3.63. The quantitative estimate of drug-likeness (QED) is 0.119. The molecule has 0 unspecified atom stereocenters. The van der Waals surface area contributed by atoms with E-state index in [9.17, 15) is 0 Å². The molecule has 1 aliphatic rings. The topological polar surface area (TPSA) is 3.88 Å². The normalized spacial score (nSPS) is 13.6. The number of aryl methyl sites for hydroxylation is 2. The number of nitrogens with zero attached hydrogens (tertiary/aromatic N) is 1. The van der Waals surface area contributed by atoms with E-state index in [1.807, 2.05) is 11.8 Å². The number of hydrogen-bond acceptors (Lipinski definition) is 1. The Morgan fingerprint density at radius 3 is 2.22 bits per heavy atom. The van der Waals surface area contributed by atoms with Crippen molar-refractivity contribution >= 4 is 61.7 Å². The summed E-state index contributed by atoms with van der Waals surface area (Å²) in [5.41, 5.74) is 5.92. The molecule has 0 fully saturated rings. The molecule has 0 saturated carbocycles. The molecule has 0 atom stereocenters. The standard InChI is InChI=1S/C33H36GeNS/c1-20-21-12-9-10-13-22(21)26(19-33(2,3)4)32-29(20)31-30-24(16-17-35(31)8)23-14-11-15-27(34(5,6)7)25(23)18-28(30)36-32/h9-18H,19H2,1-8H3/q+1. The van der Waals surface area contributed by atoms with Gasteiger partial charge >= 0.3 is 223 Å². The summed E-state index contributed by atoms with van der Waals surface area (Å²) in [6, 6.07) is 21.0. The fourth-order valence-electron chi connectivity index (χ4n) is 6.18. The van der Waals surface area contributed by atoms with Gasteiger partial charge in [0.2, 0.25) is 0 Å². The van der Waals surface area contributed by atoms with Crippen LogP contribution in [-0.4, -0.2) is 13.3 Å². The first-order chi connectivity index (χ1) is 17.0. The molecule has 0 N–H and O–H groups in total. The van der Waals surface area contributed by atoms with Gasteiger partial charge in [0.05, 0.1) is 0 Å². The molecular weight excluding hydrogens is 515 g/mol. The van der Waals surface area contributed by atoms with Gasteiger partial charge in [-0.15, -0.1) is 0 Å². The van der Waals surface area contributed by atoms with Crippen molar-refractivity contribution < 1.29 is 4.57 Å². The second kappa shape index (κ2) is 8.10. The van der Waals surface area contributed by atoms with Crippen LogP contribution in [0.25, 0.3) is 43.6 Å². The molecule has 0 amide bonds. The SMILES string of the molecule is Cc1c2c(c(CC(C)(C)C)c3ccccc13)Sc1cc3[c]([Ge]([CH3])([CH3])[CH3])cccc3c3cc[n+](C)c-2c13. The van der Waals surface area contributed by atoms with Gasteiger partial charge in [-0.3, -0.25) is 0 Å². The molecule has 0 saturated heterocycles.